The summed E-state index contributed by atoms with van der Waals surface area (Å²) >= 11 is 1.91. The van der Waals surface area contributed by atoms with Gasteiger partial charge in [-0.3, -0.25) is 4.79 Å². The van der Waals surface area contributed by atoms with Crippen LogP contribution < -0.4 is 0 Å². The Morgan fingerprint density at radius 1 is 1.47 bits per heavy atom. The average molecular weight is 279 g/mol. The van der Waals surface area contributed by atoms with Crippen molar-refractivity contribution in [2.24, 2.45) is 0 Å². The van der Waals surface area contributed by atoms with Crippen LogP contribution in [0.2, 0.25) is 0 Å². The molecule has 3 nitrogen and oxygen atoms in total. The molecule has 1 heterocycles. The molecule has 0 spiro atoms. The molecule has 2 rings (SSSR count). The fraction of sp³-hybridized carbons (Fsp3) is 0.533. The minimum absolute atomic E-state index is 0.107. The van der Waals surface area contributed by atoms with Gasteiger partial charge >= 0.3 is 0 Å². The smallest absolute Gasteiger partial charge is 0.251 e. The summed E-state index contributed by atoms with van der Waals surface area (Å²) in [6.45, 7) is 5.14. The molecule has 0 N–H and O–H groups in total. The maximum atomic E-state index is 12.5. The van der Waals surface area contributed by atoms with Gasteiger partial charge in [0.2, 0.25) is 0 Å². The molecule has 1 saturated heterocycles. The molecule has 0 bridgehead atoms. The highest BCUT2D eigenvalue weighted by Gasteiger charge is 2.30. The van der Waals surface area contributed by atoms with E-state index >= 15 is 0 Å². The largest absolute Gasteiger partial charge is 0.369 e. The lowest BCUT2D eigenvalue weighted by atomic mass is 10.1. The third-order valence-corrected chi connectivity index (χ3v) is 4.38. The van der Waals surface area contributed by atoms with Gasteiger partial charge < -0.3 is 9.64 Å². The molecule has 1 fully saturated rings. The maximum Gasteiger partial charge on any atom is 0.251 e. The van der Waals surface area contributed by atoms with E-state index < -0.39 is 0 Å². The van der Waals surface area contributed by atoms with E-state index in [4.69, 9.17) is 4.74 Å². The van der Waals surface area contributed by atoms with E-state index in [1.807, 2.05) is 48.7 Å². The van der Waals surface area contributed by atoms with Crippen molar-refractivity contribution < 1.29 is 9.53 Å². The van der Waals surface area contributed by atoms with Gasteiger partial charge in [-0.15, -0.1) is 0 Å². The van der Waals surface area contributed by atoms with Gasteiger partial charge in [0.05, 0.1) is 6.04 Å². The number of amides is 1. The van der Waals surface area contributed by atoms with Gasteiger partial charge in [-0.2, -0.15) is 11.8 Å². The molecule has 19 heavy (non-hydrogen) atoms. The number of carbonyl (C=O) groups is 1. The highest BCUT2D eigenvalue weighted by atomic mass is 32.2. The van der Waals surface area contributed by atoms with Gasteiger partial charge in [-0.25, -0.2) is 0 Å². The maximum absolute atomic E-state index is 12.5. The Labute approximate surface area is 119 Å². The van der Waals surface area contributed by atoms with Gasteiger partial charge in [-0.05, 0) is 19.4 Å². The summed E-state index contributed by atoms with van der Waals surface area (Å²) < 4.78 is 5.44. The van der Waals surface area contributed by atoms with Crippen LogP contribution in [-0.4, -0.2) is 41.6 Å². The Hall–Kier alpha value is -1.00. The van der Waals surface area contributed by atoms with Crippen molar-refractivity contribution in [3.63, 3.8) is 0 Å². The molecule has 1 aromatic carbocycles. The topological polar surface area (TPSA) is 29.5 Å². The van der Waals surface area contributed by atoms with Crippen LogP contribution in [-0.2, 0) is 9.53 Å². The minimum atomic E-state index is -0.348. The lowest BCUT2D eigenvalue weighted by molar-refractivity contribution is -0.144. The molecule has 2 atom stereocenters. The van der Waals surface area contributed by atoms with Gasteiger partial charge in [-0.1, -0.05) is 30.3 Å². The number of benzene rings is 1. The van der Waals surface area contributed by atoms with Crippen molar-refractivity contribution in [2.45, 2.75) is 26.0 Å². The van der Waals surface area contributed by atoms with Gasteiger partial charge in [0.1, 0.15) is 6.10 Å². The zero-order valence-corrected chi connectivity index (χ0v) is 12.4. The molecular formula is C15H21NO2S. The molecule has 1 amide bonds. The van der Waals surface area contributed by atoms with Crippen LogP contribution in [0.3, 0.4) is 0 Å². The van der Waals surface area contributed by atoms with E-state index in [2.05, 4.69) is 12.1 Å². The second-order valence-electron chi connectivity index (χ2n) is 4.63. The van der Waals surface area contributed by atoms with Crippen LogP contribution in [0, 0.1) is 0 Å². The molecule has 4 heteroatoms. The second kappa shape index (κ2) is 6.96. The van der Waals surface area contributed by atoms with Crippen LogP contribution in [0.25, 0.3) is 0 Å². The predicted molar refractivity (Wildman–Crippen MR) is 79.3 cm³/mol. The lowest BCUT2D eigenvalue weighted by Crippen LogP contribution is -2.45. The van der Waals surface area contributed by atoms with Crippen LogP contribution in [0.4, 0.5) is 0 Å². The average Bonchev–Trinajstić information content (AvgIpc) is 2.47. The molecule has 104 valence electrons. The summed E-state index contributed by atoms with van der Waals surface area (Å²) in [6, 6.07) is 10.4. The number of hydrogen-bond donors (Lipinski definition) is 0. The first kappa shape index (κ1) is 14.4. The van der Waals surface area contributed by atoms with Crippen molar-refractivity contribution in [3.05, 3.63) is 35.9 Å². The molecule has 0 aromatic heterocycles. The minimum Gasteiger partial charge on any atom is -0.369 e. The molecule has 0 radical (unpaired) electrons. The molecule has 1 aromatic rings. The summed E-state index contributed by atoms with van der Waals surface area (Å²) in [5, 5.41) is 0. The van der Waals surface area contributed by atoms with Crippen molar-refractivity contribution in [2.75, 3.05) is 24.7 Å². The molecular weight excluding hydrogens is 258 g/mol. The van der Waals surface area contributed by atoms with Crippen molar-refractivity contribution in [3.8, 4) is 0 Å². The summed E-state index contributed by atoms with van der Waals surface area (Å²) in [6.07, 6.45) is -0.348. The number of hydrogen-bond acceptors (Lipinski definition) is 3. The van der Waals surface area contributed by atoms with Crippen molar-refractivity contribution >= 4 is 17.7 Å². The standard InChI is InChI=1S/C15H21NO2S/c1-3-18-12(2)15(17)16-9-10-19-11-14(16)13-7-5-4-6-8-13/h4-8,12,14H,3,9-11H2,1-2H3/t12-,14+/m1/s1. The Bertz CT molecular complexity index is 410. The molecule has 0 saturated carbocycles. The monoisotopic (exact) mass is 279 g/mol. The zero-order valence-electron chi connectivity index (χ0n) is 11.5. The molecule has 1 aliphatic heterocycles. The van der Waals surface area contributed by atoms with E-state index in [-0.39, 0.29) is 18.1 Å². The third kappa shape index (κ3) is 3.51. The molecule has 0 unspecified atom stereocenters. The highest BCUT2D eigenvalue weighted by molar-refractivity contribution is 7.99. The van der Waals surface area contributed by atoms with Crippen LogP contribution in [0.1, 0.15) is 25.5 Å². The van der Waals surface area contributed by atoms with E-state index in [0.717, 1.165) is 18.1 Å². The van der Waals surface area contributed by atoms with E-state index in [9.17, 15) is 4.79 Å². The SMILES string of the molecule is CCO[C@H](C)C(=O)N1CCSC[C@H]1c1ccccc1. The number of nitrogens with zero attached hydrogens (tertiary/aromatic N) is 1. The fourth-order valence-corrected chi connectivity index (χ4v) is 3.46. The van der Waals surface area contributed by atoms with E-state index in [1.165, 1.54) is 5.56 Å². The van der Waals surface area contributed by atoms with Crippen LogP contribution >= 0.6 is 11.8 Å². The fourth-order valence-electron chi connectivity index (χ4n) is 2.37. The Morgan fingerprint density at radius 2 is 2.21 bits per heavy atom. The Morgan fingerprint density at radius 3 is 2.89 bits per heavy atom. The first-order valence-electron chi connectivity index (χ1n) is 6.78. The number of thioether (sulfide) groups is 1. The summed E-state index contributed by atoms with van der Waals surface area (Å²) in [7, 11) is 0. The quantitative estimate of drug-likeness (QED) is 0.849. The highest BCUT2D eigenvalue weighted by Crippen LogP contribution is 2.30. The van der Waals surface area contributed by atoms with Crippen LogP contribution in [0.15, 0.2) is 30.3 Å². The van der Waals surface area contributed by atoms with Gasteiger partial charge in [0.25, 0.3) is 5.91 Å². The normalized spacial score (nSPS) is 21.2. The summed E-state index contributed by atoms with van der Waals surface area (Å²) in [5.74, 6) is 2.08. The summed E-state index contributed by atoms with van der Waals surface area (Å²) in [4.78, 5) is 14.4. The zero-order chi connectivity index (χ0) is 13.7. The number of ether oxygens (including phenoxy) is 1. The second-order valence-corrected chi connectivity index (χ2v) is 5.78. The van der Waals surface area contributed by atoms with Gasteiger partial charge in [0, 0.05) is 24.7 Å². The van der Waals surface area contributed by atoms with Crippen LogP contribution in [0.5, 0.6) is 0 Å². The van der Waals surface area contributed by atoms with E-state index in [0.29, 0.717) is 6.61 Å². The predicted octanol–water partition coefficient (Wildman–Crippen LogP) is 2.73. The Balaban J connectivity index is 2.14. The Kier molecular flexibility index (Phi) is 5.28. The van der Waals surface area contributed by atoms with Crippen molar-refractivity contribution in [1.82, 2.24) is 4.90 Å². The molecule has 0 aliphatic carbocycles. The lowest BCUT2D eigenvalue weighted by Gasteiger charge is -2.37. The number of carbonyl (C=O) groups excluding carboxylic acids is 1. The first-order valence-corrected chi connectivity index (χ1v) is 7.94. The van der Waals surface area contributed by atoms with Crippen molar-refractivity contribution in [1.29, 1.82) is 0 Å². The summed E-state index contributed by atoms with van der Waals surface area (Å²) in [5.41, 5.74) is 1.21. The molecule has 1 aliphatic rings. The van der Waals surface area contributed by atoms with E-state index in [1.54, 1.807) is 0 Å². The third-order valence-electron chi connectivity index (χ3n) is 3.36. The first-order chi connectivity index (χ1) is 9.24. The van der Waals surface area contributed by atoms with Gasteiger partial charge in [0.15, 0.2) is 0 Å². The number of rotatable bonds is 4.